The molecule has 1 aliphatic rings. The molecule has 1 heterocycles. The van der Waals surface area contributed by atoms with E-state index in [1.807, 2.05) is 17.8 Å². The summed E-state index contributed by atoms with van der Waals surface area (Å²) in [5.41, 5.74) is 1.56. The van der Waals surface area contributed by atoms with Crippen LogP contribution in [0.2, 0.25) is 0 Å². The summed E-state index contributed by atoms with van der Waals surface area (Å²) in [6.07, 6.45) is 3.00. The van der Waals surface area contributed by atoms with Crippen LogP contribution in [0.3, 0.4) is 0 Å². The quantitative estimate of drug-likeness (QED) is 0.583. The number of thioether (sulfide) groups is 1. The molecule has 68 valence electrons. The van der Waals surface area contributed by atoms with Gasteiger partial charge in [0.2, 0.25) is 0 Å². The summed E-state index contributed by atoms with van der Waals surface area (Å²) in [6.45, 7) is 6.07. The third kappa shape index (κ3) is 2.37. The topological polar surface area (TPSA) is 17.1 Å². The number of hydrogen-bond acceptors (Lipinski definition) is 2. The molecule has 12 heavy (non-hydrogen) atoms. The molecule has 1 nitrogen and oxygen atoms in total. The highest BCUT2D eigenvalue weighted by atomic mass is 32.2. The third-order valence-electron chi connectivity index (χ3n) is 2.38. The number of rotatable bonds is 1. The van der Waals surface area contributed by atoms with Crippen molar-refractivity contribution in [3.8, 4) is 0 Å². The first-order chi connectivity index (χ1) is 5.52. The lowest BCUT2D eigenvalue weighted by molar-refractivity contribution is -0.112. The minimum atomic E-state index is 0.181. The fraction of sp³-hybridized carbons (Fsp3) is 0.700. The van der Waals surface area contributed by atoms with E-state index < -0.39 is 0 Å². The molecule has 0 spiro atoms. The van der Waals surface area contributed by atoms with Crippen molar-refractivity contribution in [3.05, 3.63) is 11.6 Å². The standard InChI is InChI=1S/C10H16OS/c1-8(11)6-9-7-12-5-4-10(9,2)3/h6H,4-5,7H2,1-3H3/b9-6-. The number of ketones is 1. The number of hydrogen-bond donors (Lipinski definition) is 0. The molecule has 1 saturated heterocycles. The maximum atomic E-state index is 10.9. The van der Waals surface area contributed by atoms with Crippen LogP contribution in [0.5, 0.6) is 0 Å². The molecule has 0 radical (unpaired) electrons. The van der Waals surface area contributed by atoms with E-state index >= 15 is 0 Å². The van der Waals surface area contributed by atoms with E-state index in [-0.39, 0.29) is 11.2 Å². The lowest BCUT2D eigenvalue weighted by atomic mass is 9.81. The normalized spacial score (nSPS) is 25.8. The Kier molecular flexibility index (Phi) is 2.99. The summed E-state index contributed by atoms with van der Waals surface area (Å²) >= 11 is 1.93. The van der Waals surface area contributed by atoms with Gasteiger partial charge in [0.05, 0.1) is 0 Å². The van der Waals surface area contributed by atoms with E-state index in [1.165, 1.54) is 17.7 Å². The molecule has 1 fully saturated rings. The van der Waals surface area contributed by atoms with E-state index in [4.69, 9.17) is 0 Å². The summed E-state index contributed by atoms with van der Waals surface area (Å²) < 4.78 is 0. The van der Waals surface area contributed by atoms with E-state index in [9.17, 15) is 4.79 Å². The third-order valence-corrected chi connectivity index (χ3v) is 3.38. The molecule has 0 atom stereocenters. The molecular weight excluding hydrogens is 168 g/mol. The van der Waals surface area contributed by atoms with Crippen molar-refractivity contribution in [1.82, 2.24) is 0 Å². The summed E-state index contributed by atoms with van der Waals surface area (Å²) in [5.74, 6) is 2.44. The van der Waals surface area contributed by atoms with E-state index in [0.29, 0.717) is 0 Å². The first-order valence-corrected chi connectivity index (χ1v) is 5.47. The zero-order valence-corrected chi connectivity index (χ0v) is 8.83. The monoisotopic (exact) mass is 184 g/mol. The van der Waals surface area contributed by atoms with Crippen molar-refractivity contribution >= 4 is 17.5 Å². The average Bonchev–Trinajstić information content (AvgIpc) is 1.92. The Labute approximate surface area is 78.6 Å². The number of carbonyl (C=O) groups excluding carboxylic acids is 1. The maximum absolute atomic E-state index is 10.9. The molecule has 0 bridgehead atoms. The van der Waals surface area contributed by atoms with Gasteiger partial charge < -0.3 is 0 Å². The Morgan fingerprint density at radius 2 is 2.25 bits per heavy atom. The van der Waals surface area contributed by atoms with Gasteiger partial charge in [-0.2, -0.15) is 11.8 Å². The minimum absolute atomic E-state index is 0.181. The molecule has 1 rings (SSSR count). The van der Waals surface area contributed by atoms with E-state index in [0.717, 1.165) is 5.75 Å². The molecule has 0 aromatic carbocycles. The lowest BCUT2D eigenvalue weighted by Crippen LogP contribution is -2.22. The van der Waals surface area contributed by atoms with Gasteiger partial charge in [0.15, 0.2) is 5.78 Å². The predicted octanol–water partition coefficient (Wildman–Crippen LogP) is 2.66. The molecule has 0 aromatic rings. The Balaban J connectivity index is 2.79. The van der Waals surface area contributed by atoms with Crippen molar-refractivity contribution < 1.29 is 4.79 Å². The van der Waals surface area contributed by atoms with Crippen molar-refractivity contribution in [2.45, 2.75) is 27.2 Å². The van der Waals surface area contributed by atoms with Crippen LogP contribution in [0.15, 0.2) is 11.6 Å². The average molecular weight is 184 g/mol. The van der Waals surface area contributed by atoms with E-state index in [1.54, 1.807) is 6.92 Å². The highest BCUT2D eigenvalue weighted by Crippen LogP contribution is 2.38. The molecular formula is C10H16OS. The smallest absolute Gasteiger partial charge is 0.152 e. The van der Waals surface area contributed by atoms with Crippen LogP contribution in [-0.4, -0.2) is 17.3 Å². The molecule has 0 unspecified atom stereocenters. The molecule has 0 saturated carbocycles. The lowest BCUT2D eigenvalue weighted by Gasteiger charge is -2.32. The molecule has 0 aliphatic carbocycles. The summed E-state index contributed by atoms with van der Waals surface area (Å²) in [4.78, 5) is 10.9. The molecule has 1 aliphatic heterocycles. The number of allylic oxidation sites excluding steroid dienone is 1. The molecule has 0 N–H and O–H groups in total. The van der Waals surface area contributed by atoms with Gasteiger partial charge in [0.1, 0.15) is 0 Å². The van der Waals surface area contributed by atoms with Crippen molar-refractivity contribution in [2.75, 3.05) is 11.5 Å². The molecule has 2 heteroatoms. The van der Waals surface area contributed by atoms with Crippen molar-refractivity contribution in [1.29, 1.82) is 0 Å². The highest BCUT2D eigenvalue weighted by molar-refractivity contribution is 7.99. The van der Waals surface area contributed by atoms with Crippen LogP contribution in [0.25, 0.3) is 0 Å². The largest absolute Gasteiger partial charge is 0.295 e. The molecule has 0 amide bonds. The Morgan fingerprint density at radius 1 is 1.58 bits per heavy atom. The second kappa shape index (κ2) is 3.65. The second-order valence-electron chi connectivity index (χ2n) is 3.97. The van der Waals surface area contributed by atoms with Crippen molar-refractivity contribution in [2.24, 2.45) is 5.41 Å². The summed E-state index contributed by atoms with van der Waals surface area (Å²) in [7, 11) is 0. The second-order valence-corrected chi connectivity index (χ2v) is 5.07. The Bertz CT molecular complexity index is 216. The van der Waals surface area contributed by atoms with Gasteiger partial charge >= 0.3 is 0 Å². The van der Waals surface area contributed by atoms with Crippen LogP contribution < -0.4 is 0 Å². The van der Waals surface area contributed by atoms with E-state index in [2.05, 4.69) is 13.8 Å². The van der Waals surface area contributed by atoms with Crippen LogP contribution >= 0.6 is 11.8 Å². The van der Waals surface area contributed by atoms with Crippen molar-refractivity contribution in [3.63, 3.8) is 0 Å². The first kappa shape index (κ1) is 9.85. The zero-order valence-electron chi connectivity index (χ0n) is 8.02. The fourth-order valence-electron chi connectivity index (χ4n) is 1.35. The fourth-order valence-corrected chi connectivity index (χ4v) is 2.84. The van der Waals surface area contributed by atoms with Crippen LogP contribution in [0, 0.1) is 5.41 Å². The van der Waals surface area contributed by atoms with Crippen LogP contribution in [0.1, 0.15) is 27.2 Å². The highest BCUT2D eigenvalue weighted by Gasteiger charge is 2.26. The number of carbonyl (C=O) groups is 1. The van der Waals surface area contributed by atoms with Gasteiger partial charge in [0, 0.05) is 5.75 Å². The Hall–Kier alpha value is -0.240. The van der Waals surface area contributed by atoms with Gasteiger partial charge in [-0.05, 0) is 30.6 Å². The zero-order chi connectivity index (χ0) is 9.19. The summed E-state index contributed by atoms with van der Waals surface area (Å²) in [6, 6.07) is 0. The Morgan fingerprint density at radius 3 is 2.75 bits per heavy atom. The summed E-state index contributed by atoms with van der Waals surface area (Å²) in [5, 5.41) is 0. The van der Waals surface area contributed by atoms with Gasteiger partial charge in [0.25, 0.3) is 0 Å². The van der Waals surface area contributed by atoms with Gasteiger partial charge in [-0.25, -0.2) is 0 Å². The molecule has 0 aromatic heterocycles. The first-order valence-electron chi connectivity index (χ1n) is 4.32. The maximum Gasteiger partial charge on any atom is 0.152 e. The van der Waals surface area contributed by atoms with Gasteiger partial charge in [-0.15, -0.1) is 0 Å². The van der Waals surface area contributed by atoms with Gasteiger partial charge in [-0.3, -0.25) is 4.79 Å². The minimum Gasteiger partial charge on any atom is -0.295 e. The van der Waals surface area contributed by atoms with Gasteiger partial charge in [-0.1, -0.05) is 19.4 Å². The van der Waals surface area contributed by atoms with Crippen LogP contribution in [-0.2, 0) is 4.79 Å². The predicted molar refractivity (Wildman–Crippen MR) is 54.5 cm³/mol. The SMILES string of the molecule is CC(=O)/C=C1/CSCCC1(C)C. The van der Waals surface area contributed by atoms with Crippen LogP contribution in [0.4, 0.5) is 0 Å².